The molecule has 0 aliphatic heterocycles. The molecule has 2 amide bonds. The third kappa shape index (κ3) is 4.42. The smallest absolute Gasteiger partial charge is 0.240 e. The van der Waals surface area contributed by atoms with Crippen LogP contribution in [-0.4, -0.2) is 34.5 Å². The fraction of sp³-hybridized carbons (Fsp3) is 0.353. The summed E-state index contributed by atoms with van der Waals surface area (Å²) in [5, 5.41) is 5.60. The van der Waals surface area contributed by atoms with Crippen LogP contribution >= 0.6 is 0 Å². The molecule has 0 atom stereocenters. The highest BCUT2D eigenvalue weighted by Gasteiger charge is 2.13. The topological polar surface area (TPSA) is 76.0 Å². The predicted molar refractivity (Wildman–Crippen MR) is 89.9 cm³/mol. The molecule has 23 heavy (non-hydrogen) atoms. The van der Waals surface area contributed by atoms with Gasteiger partial charge in [0.2, 0.25) is 11.8 Å². The molecule has 2 N–H and O–H groups in total. The number of para-hydroxylation sites is 2. The van der Waals surface area contributed by atoms with Gasteiger partial charge in [-0.25, -0.2) is 4.98 Å². The summed E-state index contributed by atoms with van der Waals surface area (Å²) in [4.78, 5) is 27.9. The monoisotopic (exact) mass is 314 g/mol. The third-order valence-electron chi connectivity index (χ3n) is 3.47. The van der Waals surface area contributed by atoms with E-state index in [0.29, 0.717) is 25.9 Å². The predicted octanol–water partition coefficient (Wildman–Crippen LogP) is 1.41. The highest BCUT2D eigenvalue weighted by Crippen LogP contribution is 2.16. The van der Waals surface area contributed by atoms with Crippen molar-refractivity contribution in [3.63, 3.8) is 0 Å². The van der Waals surface area contributed by atoms with Crippen LogP contribution in [0, 0.1) is 0 Å². The van der Waals surface area contributed by atoms with Gasteiger partial charge in [-0.3, -0.25) is 9.59 Å². The van der Waals surface area contributed by atoms with Crippen molar-refractivity contribution in [2.45, 2.75) is 26.3 Å². The number of hydrogen-bond donors (Lipinski definition) is 2. The Kier molecular flexibility index (Phi) is 5.91. The molecule has 6 heteroatoms. The van der Waals surface area contributed by atoms with Gasteiger partial charge >= 0.3 is 0 Å². The molecule has 0 saturated heterocycles. The van der Waals surface area contributed by atoms with Crippen LogP contribution in [0.4, 0.5) is 0 Å². The van der Waals surface area contributed by atoms with Crippen LogP contribution in [0.3, 0.4) is 0 Å². The minimum Gasteiger partial charge on any atom is -0.356 e. The van der Waals surface area contributed by atoms with Crippen LogP contribution in [0.2, 0.25) is 0 Å². The Morgan fingerprint density at radius 2 is 2.04 bits per heavy atom. The van der Waals surface area contributed by atoms with E-state index in [1.165, 1.54) is 0 Å². The molecule has 0 fully saturated rings. The first-order valence-electron chi connectivity index (χ1n) is 7.74. The quantitative estimate of drug-likeness (QED) is 0.723. The van der Waals surface area contributed by atoms with Crippen molar-refractivity contribution in [2.75, 3.05) is 13.1 Å². The summed E-state index contributed by atoms with van der Waals surface area (Å²) in [6.45, 7) is 6.54. The summed E-state index contributed by atoms with van der Waals surface area (Å²) >= 11 is 0. The molecule has 0 radical (unpaired) electrons. The normalized spacial score (nSPS) is 10.5. The molecule has 122 valence electrons. The molecule has 1 aromatic heterocycles. The number of carbonyl (C=O) groups excluding carboxylic acids is 2. The summed E-state index contributed by atoms with van der Waals surface area (Å²) in [6.07, 6.45) is 2.68. The van der Waals surface area contributed by atoms with E-state index in [0.717, 1.165) is 16.9 Å². The number of nitrogens with zero attached hydrogens (tertiary/aromatic N) is 2. The van der Waals surface area contributed by atoms with Crippen LogP contribution in [-0.2, 0) is 22.6 Å². The fourth-order valence-electron chi connectivity index (χ4n) is 2.32. The Labute approximate surface area is 135 Å². The molecule has 2 rings (SSSR count). The van der Waals surface area contributed by atoms with E-state index in [-0.39, 0.29) is 18.4 Å². The number of hydrogen-bond acceptors (Lipinski definition) is 3. The van der Waals surface area contributed by atoms with Gasteiger partial charge in [0.05, 0.1) is 11.0 Å². The maximum Gasteiger partial charge on any atom is 0.240 e. The molecule has 0 saturated carbocycles. The maximum atomic E-state index is 12.0. The van der Waals surface area contributed by atoms with Gasteiger partial charge in [-0.2, -0.15) is 0 Å². The third-order valence-corrected chi connectivity index (χ3v) is 3.47. The second-order valence-corrected chi connectivity index (χ2v) is 5.15. The van der Waals surface area contributed by atoms with E-state index in [4.69, 9.17) is 0 Å². The van der Waals surface area contributed by atoms with Crippen LogP contribution < -0.4 is 10.6 Å². The van der Waals surface area contributed by atoms with Crippen molar-refractivity contribution >= 4 is 22.8 Å². The number of fused-ring (bicyclic) bond motifs is 1. The Morgan fingerprint density at radius 3 is 2.78 bits per heavy atom. The Balaban J connectivity index is 2.17. The molecule has 0 aliphatic carbocycles. The van der Waals surface area contributed by atoms with E-state index in [2.05, 4.69) is 22.2 Å². The molecule has 0 aliphatic rings. The van der Waals surface area contributed by atoms with Crippen molar-refractivity contribution in [2.24, 2.45) is 0 Å². The highest BCUT2D eigenvalue weighted by molar-refractivity contribution is 5.81. The number of imidazole rings is 1. The van der Waals surface area contributed by atoms with Crippen molar-refractivity contribution in [3.8, 4) is 0 Å². The fourth-order valence-corrected chi connectivity index (χ4v) is 2.32. The summed E-state index contributed by atoms with van der Waals surface area (Å²) < 4.78 is 1.89. The Bertz CT molecular complexity index is 706. The van der Waals surface area contributed by atoms with Crippen LogP contribution in [0.25, 0.3) is 11.0 Å². The highest BCUT2D eigenvalue weighted by atomic mass is 16.2. The van der Waals surface area contributed by atoms with E-state index in [1.807, 2.05) is 35.8 Å². The molecule has 6 nitrogen and oxygen atoms in total. The van der Waals surface area contributed by atoms with Crippen molar-refractivity contribution in [3.05, 3.63) is 42.7 Å². The van der Waals surface area contributed by atoms with E-state index >= 15 is 0 Å². The second kappa shape index (κ2) is 8.12. The molecule has 0 unspecified atom stereocenters. The zero-order valence-corrected chi connectivity index (χ0v) is 13.3. The molecule has 1 heterocycles. The molecular formula is C17H22N4O2. The Morgan fingerprint density at radius 1 is 1.26 bits per heavy atom. The number of nitrogens with one attached hydrogen (secondary N) is 2. The van der Waals surface area contributed by atoms with Crippen LogP contribution in [0.5, 0.6) is 0 Å². The van der Waals surface area contributed by atoms with E-state index in [1.54, 1.807) is 6.08 Å². The minimum absolute atomic E-state index is 0.0105. The van der Waals surface area contributed by atoms with Gasteiger partial charge < -0.3 is 15.2 Å². The van der Waals surface area contributed by atoms with Gasteiger partial charge in [-0.1, -0.05) is 25.1 Å². The lowest BCUT2D eigenvalue weighted by molar-refractivity contribution is -0.122. The first-order chi connectivity index (χ1) is 11.2. The van der Waals surface area contributed by atoms with Gasteiger partial charge in [0.1, 0.15) is 12.4 Å². The first-order valence-corrected chi connectivity index (χ1v) is 7.74. The Hall–Kier alpha value is -2.63. The van der Waals surface area contributed by atoms with Gasteiger partial charge in [0, 0.05) is 25.9 Å². The molecule has 0 spiro atoms. The van der Waals surface area contributed by atoms with Crippen molar-refractivity contribution in [1.29, 1.82) is 0 Å². The van der Waals surface area contributed by atoms with Crippen molar-refractivity contribution < 1.29 is 9.59 Å². The SMILES string of the molecule is C=CCNC(=O)Cn1c(CCNC(=O)CC)nc2ccccc21. The summed E-state index contributed by atoms with van der Waals surface area (Å²) in [5.74, 6) is 0.708. The molecule has 0 bridgehead atoms. The summed E-state index contributed by atoms with van der Waals surface area (Å²) in [7, 11) is 0. The maximum absolute atomic E-state index is 12.0. The van der Waals surface area contributed by atoms with Gasteiger partial charge in [0.25, 0.3) is 0 Å². The van der Waals surface area contributed by atoms with Gasteiger partial charge in [-0.05, 0) is 12.1 Å². The summed E-state index contributed by atoms with van der Waals surface area (Å²) in [6, 6.07) is 7.70. The van der Waals surface area contributed by atoms with Crippen LogP contribution in [0.1, 0.15) is 19.2 Å². The van der Waals surface area contributed by atoms with Crippen LogP contribution in [0.15, 0.2) is 36.9 Å². The lowest BCUT2D eigenvalue weighted by atomic mass is 10.3. The average Bonchev–Trinajstić information content (AvgIpc) is 2.90. The lowest BCUT2D eigenvalue weighted by Crippen LogP contribution is -2.29. The largest absolute Gasteiger partial charge is 0.356 e. The van der Waals surface area contributed by atoms with Gasteiger partial charge in [-0.15, -0.1) is 6.58 Å². The zero-order chi connectivity index (χ0) is 16.7. The average molecular weight is 314 g/mol. The number of benzene rings is 1. The zero-order valence-electron chi connectivity index (χ0n) is 13.3. The molecule has 2 aromatic rings. The minimum atomic E-state index is -0.0908. The number of carbonyl (C=O) groups is 2. The standard InChI is InChI=1S/C17H22N4O2/c1-3-10-18-17(23)12-21-14-8-6-5-7-13(14)20-15(21)9-11-19-16(22)4-2/h3,5-8H,1,4,9-12H2,2H3,(H,18,23)(H,19,22). The summed E-state index contributed by atoms with van der Waals surface area (Å²) in [5.41, 5.74) is 1.76. The number of aromatic nitrogens is 2. The van der Waals surface area contributed by atoms with E-state index < -0.39 is 0 Å². The number of rotatable bonds is 8. The first kappa shape index (κ1) is 16.7. The number of amides is 2. The lowest BCUT2D eigenvalue weighted by Gasteiger charge is -2.09. The van der Waals surface area contributed by atoms with E-state index in [9.17, 15) is 9.59 Å². The van der Waals surface area contributed by atoms with Gasteiger partial charge in [0.15, 0.2) is 0 Å². The second-order valence-electron chi connectivity index (χ2n) is 5.15. The van der Waals surface area contributed by atoms with Crippen molar-refractivity contribution in [1.82, 2.24) is 20.2 Å². The molecule has 1 aromatic carbocycles. The molecular weight excluding hydrogens is 292 g/mol.